The molecule has 0 amide bonds. The largest absolute Gasteiger partial charge is 0.355 e. The van der Waals surface area contributed by atoms with Crippen LogP contribution < -0.4 is 10.6 Å². The van der Waals surface area contributed by atoms with Gasteiger partial charge in [0.25, 0.3) is 0 Å². The maximum absolute atomic E-state index is 6.06. The van der Waals surface area contributed by atoms with Crippen LogP contribution in [0.2, 0.25) is 0 Å². The van der Waals surface area contributed by atoms with Crippen molar-refractivity contribution in [2.45, 2.75) is 57.5 Å². The fraction of sp³-hybridized carbons (Fsp3) is 0.588. The average molecular weight is 286 g/mol. The molecule has 3 rings (SSSR count). The van der Waals surface area contributed by atoms with Crippen molar-refractivity contribution in [1.29, 1.82) is 0 Å². The smallest absolute Gasteiger partial charge is 0.151 e. The molecule has 1 aliphatic carbocycles. The first-order valence-corrected chi connectivity index (χ1v) is 8.11. The van der Waals surface area contributed by atoms with Gasteiger partial charge in [-0.3, -0.25) is 0 Å². The summed E-state index contributed by atoms with van der Waals surface area (Å²) in [6, 6.07) is 6.94. The summed E-state index contributed by atoms with van der Waals surface area (Å²) in [4.78, 5) is 7.27. The van der Waals surface area contributed by atoms with Gasteiger partial charge < -0.3 is 15.0 Å². The zero-order chi connectivity index (χ0) is 14.8. The number of nitrogens with two attached hydrogens (primary N) is 1. The predicted octanol–water partition coefficient (Wildman–Crippen LogP) is 2.99. The Kier molecular flexibility index (Phi) is 4.15. The molecule has 114 valence electrons. The van der Waals surface area contributed by atoms with Gasteiger partial charge in [-0.1, -0.05) is 25.3 Å². The highest BCUT2D eigenvalue weighted by atomic mass is 15.2. The highest BCUT2D eigenvalue weighted by Crippen LogP contribution is 2.29. The minimum atomic E-state index is 0.142. The Hall–Kier alpha value is -1.55. The molecule has 2 aromatic heterocycles. The van der Waals surface area contributed by atoms with E-state index in [1.54, 1.807) is 0 Å². The molecule has 4 nitrogen and oxygen atoms in total. The molecule has 2 heterocycles. The van der Waals surface area contributed by atoms with Gasteiger partial charge in [0.2, 0.25) is 0 Å². The molecule has 21 heavy (non-hydrogen) atoms. The molecule has 1 atom stereocenters. The maximum Gasteiger partial charge on any atom is 0.151 e. The van der Waals surface area contributed by atoms with Crippen molar-refractivity contribution in [3.8, 4) is 0 Å². The van der Waals surface area contributed by atoms with E-state index in [2.05, 4.69) is 41.6 Å². The number of hydrogen-bond acceptors (Lipinski definition) is 3. The second kappa shape index (κ2) is 6.06. The van der Waals surface area contributed by atoms with E-state index in [4.69, 9.17) is 10.7 Å². The summed E-state index contributed by atoms with van der Waals surface area (Å²) in [7, 11) is 2.20. The van der Waals surface area contributed by atoms with Crippen molar-refractivity contribution in [2.24, 2.45) is 5.73 Å². The first-order valence-electron chi connectivity index (χ1n) is 8.11. The van der Waals surface area contributed by atoms with Crippen molar-refractivity contribution in [1.82, 2.24) is 9.38 Å². The van der Waals surface area contributed by atoms with Gasteiger partial charge in [0.1, 0.15) is 5.65 Å². The summed E-state index contributed by atoms with van der Waals surface area (Å²) in [6.07, 6.45) is 9.57. The van der Waals surface area contributed by atoms with Crippen molar-refractivity contribution in [3.63, 3.8) is 0 Å². The zero-order valence-corrected chi connectivity index (χ0v) is 13.1. The number of aromatic nitrogens is 2. The summed E-state index contributed by atoms with van der Waals surface area (Å²) < 4.78 is 2.19. The highest BCUT2D eigenvalue weighted by Gasteiger charge is 2.23. The van der Waals surface area contributed by atoms with Crippen molar-refractivity contribution >= 4 is 11.5 Å². The third-order valence-corrected chi connectivity index (χ3v) is 4.58. The van der Waals surface area contributed by atoms with Crippen LogP contribution in [-0.2, 0) is 6.42 Å². The van der Waals surface area contributed by atoms with Gasteiger partial charge in [-0.05, 0) is 31.9 Å². The van der Waals surface area contributed by atoms with Crippen LogP contribution in [0.5, 0.6) is 0 Å². The average Bonchev–Trinajstić information content (AvgIpc) is 2.86. The van der Waals surface area contributed by atoms with E-state index in [0.717, 1.165) is 17.9 Å². The molecule has 1 unspecified atom stereocenters. The van der Waals surface area contributed by atoms with Crippen LogP contribution in [0.3, 0.4) is 0 Å². The van der Waals surface area contributed by atoms with Crippen LogP contribution >= 0.6 is 0 Å². The number of fused-ring (bicyclic) bond motifs is 1. The van der Waals surface area contributed by atoms with Crippen molar-refractivity contribution in [3.05, 3.63) is 30.1 Å². The molecular formula is C17H26N4. The zero-order valence-electron chi connectivity index (χ0n) is 13.1. The summed E-state index contributed by atoms with van der Waals surface area (Å²) in [5.41, 5.74) is 8.33. The number of rotatable bonds is 4. The van der Waals surface area contributed by atoms with Crippen LogP contribution in [0.4, 0.5) is 5.82 Å². The molecule has 1 aliphatic rings. The lowest BCUT2D eigenvalue weighted by molar-refractivity contribution is 0.425. The molecule has 4 heteroatoms. The molecule has 2 N–H and O–H groups in total. The first-order chi connectivity index (χ1) is 10.2. The lowest BCUT2D eigenvalue weighted by Gasteiger charge is -2.32. The number of imidazole rings is 1. The lowest BCUT2D eigenvalue weighted by atomic mass is 9.94. The Labute approximate surface area is 127 Å². The van der Waals surface area contributed by atoms with E-state index < -0.39 is 0 Å². The monoisotopic (exact) mass is 286 g/mol. The normalized spacial score (nSPS) is 18.0. The van der Waals surface area contributed by atoms with Gasteiger partial charge in [-0.25, -0.2) is 4.98 Å². The van der Waals surface area contributed by atoms with E-state index >= 15 is 0 Å². The second-order valence-electron chi connectivity index (χ2n) is 6.40. The minimum Gasteiger partial charge on any atom is -0.355 e. The maximum atomic E-state index is 6.06. The number of anilines is 1. The molecule has 0 aromatic carbocycles. The predicted molar refractivity (Wildman–Crippen MR) is 87.8 cm³/mol. The standard InChI is InChI=1S/C17H26N4/c1-13(18)12-15-17(19-16-10-6-7-11-21(15)16)20(2)14-8-4-3-5-9-14/h6-7,10-11,13-14H,3-5,8-9,12,18H2,1-2H3. The van der Waals surface area contributed by atoms with Gasteiger partial charge in [-0.15, -0.1) is 0 Å². The van der Waals surface area contributed by atoms with Crippen LogP contribution in [0.25, 0.3) is 5.65 Å². The Morgan fingerprint density at radius 2 is 2.10 bits per heavy atom. The van der Waals surface area contributed by atoms with Gasteiger partial charge in [0.05, 0.1) is 5.69 Å². The summed E-state index contributed by atoms with van der Waals surface area (Å²) in [5.74, 6) is 1.12. The molecule has 1 saturated carbocycles. The fourth-order valence-corrected chi connectivity index (χ4v) is 3.45. The molecule has 1 fully saturated rings. The van der Waals surface area contributed by atoms with E-state index in [9.17, 15) is 0 Å². The van der Waals surface area contributed by atoms with Crippen molar-refractivity contribution < 1.29 is 0 Å². The van der Waals surface area contributed by atoms with Crippen LogP contribution in [0.1, 0.15) is 44.7 Å². The quantitative estimate of drug-likeness (QED) is 0.940. The van der Waals surface area contributed by atoms with Crippen LogP contribution in [0.15, 0.2) is 24.4 Å². The Balaban J connectivity index is 1.99. The summed E-state index contributed by atoms with van der Waals surface area (Å²) >= 11 is 0. The molecule has 0 aliphatic heterocycles. The van der Waals surface area contributed by atoms with E-state index in [-0.39, 0.29) is 6.04 Å². The molecule has 0 bridgehead atoms. The summed E-state index contributed by atoms with van der Waals surface area (Å²) in [6.45, 7) is 2.06. The molecular weight excluding hydrogens is 260 g/mol. The Bertz CT molecular complexity index is 596. The Morgan fingerprint density at radius 3 is 2.81 bits per heavy atom. The SMILES string of the molecule is CC(N)Cc1c(N(C)C2CCCCC2)nc2ccccn12. The lowest BCUT2D eigenvalue weighted by Crippen LogP contribution is -2.34. The second-order valence-corrected chi connectivity index (χ2v) is 6.40. The highest BCUT2D eigenvalue weighted by molar-refractivity contribution is 5.56. The first kappa shape index (κ1) is 14.4. The van der Waals surface area contributed by atoms with E-state index in [1.165, 1.54) is 37.8 Å². The van der Waals surface area contributed by atoms with E-state index in [0.29, 0.717) is 6.04 Å². The molecule has 0 spiro atoms. The number of pyridine rings is 1. The molecule has 0 saturated heterocycles. The van der Waals surface area contributed by atoms with Crippen LogP contribution in [-0.4, -0.2) is 28.5 Å². The molecule has 2 aromatic rings. The number of nitrogens with zero attached hydrogens (tertiary/aromatic N) is 3. The number of hydrogen-bond donors (Lipinski definition) is 1. The topological polar surface area (TPSA) is 46.6 Å². The molecule has 0 radical (unpaired) electrons. The minimum absolute atomic E-state index is 0.142. The van der Waals surface area contributed by atoms with Gasteiger partial charge in [-0.2, -0.15) is 0 Å². The van der Waals surface area contributed by atoms with Gasteiger partial charge in [0, 0.05) is 31.7 Å². The van der Waals surface area contributed by atoms with Crippen LogP contribution in [0, 0.1) is 0 Å². The van der Waals surface area contributed by atoms with Gasteiger partial charge >= 0.3 is 0 Å². The third-order valence-electron chi connectivity index (χ3n) is 4.58. The van der Waals surface area contributed by atoms with Gasteiger partial charge in [0.15, 0.2) is 5.82 Å². The third kappa shape index (κ3) is 2.91. The fourth-order valence-electron chi connectivity index (χ4n) is 3.45. The van der Waals surface area contributed by atoms with Crippen molar-refractivity contribution in [2.75, 3.05) is 11.9 Å². The summed E-state index contributed by atoms with van der Waals surface area (Å²) in [5, 5.41) is 0. The Morgan fingerprint density at radius 1 is 1.33 bits per heavy atom. The van der Waals surface area contributed by atoms with E-state index in [1.807, 2.05) is 6.07 Å².